The molecule has 0 N–H and O–H groups in total. The molecule has 3 heterocycles. The third kappa shape index (κ3) is 3.02. The van der Waals surface area contributed by atoms with Gasteiger partial charge in [0, 0.05) is 11.1 Å². The van der Waals surface area contributed by atoms with Gasteiger partial charge in [-0.25, -0.2) is 0 Å². The Kier molecular flexibility index (Phi) is 4.43. The number of hydrogen-bond acceptors (Lipinski definition) is 2. The van der Waals surface area contributed by atoms with Crippen molar-refractivity contribution < 1.29 is 14.0 Å². The maximum Gasteiger partial charge on any atom is 0.140 e. The van der Waals surface area contributed by atoms with Crippen LogP contribution in [0.15, 0.2) is 48.5 Å². The second-order valence-electron chi connectivity index (χ2n) is 7.57. The molecule has 2 aromatic carbocycles. The number of benzene rings is 2. The number of hydrogen-bond donors (Lipinski definition) is 0. The number of piperidine rings is 3. The van der Waals surface area contributed by atoms with Crippen LogP contribution in [0, 0.1) is 5.92 Å². The third-order valence-electron chi connectivity index (χ3n) is 6.36. The van der Waals surface area contributed by atoms with E-state index in [1.807, 2.05) is 0 Å². The topological polar surface area (TPSA) is 18.5 Å². The molecule has 0 aliphatic carbocycles. The summed E-state index contributed by atoms with van der Waals surface area (Å²) in [5.41, 5.74) is 2.79. The fourth-order valence-electron chi connectivity index (χ4n) is 4.87. The van der Waals surface area contributed by atoms with Crippen molar-refractivity contribution in [1.29, 1.82) is 0 Å². The highest BCUT2D eigenvalue weighted by molar-refractivity contribution is 5.37. The highest BCUT2D eigenvalue weighted by Crippen LogP contribution is 2.44. The minimum atomic E-state index is 0.401. The van der Waals surface area contributed by atoms with Crippen molar-refractivity contribution in [3.05, 3.63) is 59.7 Å². The van der Waals surface area contributed by atoms with Crippen LogP contribution in [0.2, 0.25) is 0 Å². The lowest BCUT2D eigenvalue weighted by Crippen LogP contribution is -2.60. The molecule has 0 atom stereocenters. The molecule has 0 spiro atoms. The zero-order chi connectivity index (χ0) is 17.3. The van der Waals surface area contributed by atoms with Gasteiger partial charge in [-0.2, -0.15) is 0 Å². The number of ether oxygens (including phenoxy) is 2. The Morgan fingerprint density at radius 3 is 1.48 bits per heavy atom. The Balaban J connectivity index is 1.76. The number of quaternary nitrogens is 1. The molecule has 3 saturated heterocycles. The molecule has 2 bridgehead atoms. The summed E-state index contributed by atoms with van der Waals surface area (Å²) in [5, 5.41) is 0. The molecule has 3 aliphatic rings. The first-order chi connectivity index (χ1) is 12.2. The summed E-state index contributed by atoms with van der Waals surface area (Å²) in [5.74, 6) is 2.82. The normalized spacial score (nSPS) is 25.2. The lowest BCUT2D eigenvalue weighted by molar-refractivity contribution is -0.965. The molecule has 5 rings (SSSR count). The quantitative estimate of drug-likeness (QED) is 0.751. The van der Waals surface area contributed by atoms with Gasteiger partial charge in [0.15, 0.2) is 0 Å². The predicted octanol–water partition coefficient (Wildman–Crippen LogP) is 4.42. The lowest BCUT2D eigenvalue weighted by atomic mass is 9.81. The van der Waals surface area contributed by atoms with Gasteiger partial charge in [-0.3, -0.25) is 0 Å². The molecule has 25 heavy (non-hydrogen) atoms. The van der Waals surface area contributed by atoms with Gasteiger partial charge in [0.25, 0.3) is 0 Å². The molecule has 3 nitrogen and oxygen atoms in total. The van der Waals surface area contributed by atoms with Crippen molar-refractivity contribution in [2.24, 2.45) is 5.92 Å². The molecular formula is C22H28NO2+. The van der Waals surface area contributed by atoms with Gasteiger partial charge in [0.05, 0.1) is 33.9 Å². The second-order valence-corrected chi connectivity index (χ2v) is 7.57. The Labute approximate surface area is 150 Å². The number of fused-ring (bicyclic) bond motifs is 3. The van der Waals surface area contributed by atoms with Gasteiger partial charge in [0.2, 0.25) is 0 Å². The highest BCUT2D eigenvalue weighted by Gasteiger charge is 2.46. The zero-order valence-electron chi connectivity index (χ0n) is 15.3. The van der Waals surface area contributed by atoms with Crippen LogP contribution in [-0.2, 0) is 0 Å². The molecule has 3 heteroatoms. The standard InChI is InChI=1S/C22H28NO2/c1-24-20-7-3-18(4-8-20)22(19-5-9-21(25-2)10-6-19)23-14-11-17(12-15-23)13-16-23/h3-10,17,22H,11-16H2,1-2H3/q+1. The average Bonchev–Trinajstić information content (AvgIpc) is 2.70. The van der Waals surface area contributed by atoms with Crippen LogP contribution in [0.4, 0.5) is 0 Å². The molecule has 2 aromatic rings. The molecule has 0 saturated carbocycles. The van der Waals surface area contributed by atoms with Crippen molar-refractivity contribution in [2.45, 2.75) is 25.3 Å². The summed E-state index contributed by atoms with van der Waals surface area (Å²) in [4.78, 5) is 0. The van der Waals surface area contributed by atoms with Crippen LogP contribution in [-0.4, -0.2) is 38.3 Å². The van der Waals surface area contributed by atoms with E-state index in [4.69, 9.17) is 9.47 Å². The second kappa shape index (κ2) is 6.72. The van der Waals surface area contributed by atoms with Gasteiger partial charge < -0.3 is 14.0 Å². The van der Waals surface area contributed by atoms with Crippen molar-refractivity contribution in [3.8, 4) is 11.5 Å². The Hall–Kier alpha value is -2.00. The summed E-state index contributed by atoms with van der Waals surface area (Å²) in [6.07, 6.45) is 4.13. The van der Waals surface area contributed by atoms with Crippen LogP contribution in [0.5, 0.6) is 11.5 Å². The van der Waals surface area contributed by atoms with Crippen molar-refractivity contribution in [2.75, 3.05) is 33.9 Å². The summed E-state index contributed by atoms with van der Waals surface area (Å²) < 4.78 is 11.9. The van der Waals surface area contributed by atoms with Gasteiger partial charge >= 0.3 is 0 Å². The average molecular weight is 338 g/mol. The Morgan fingerprint density at radius 1 is 0.720 bits per heavy atom. The van der Waals surface area contributed by atoms with Crippen molar-refractivity contribution in [1.82, 2.24) is 0 Å². The van der Waals surface area contributed by atoms with Crippen LogP contribution in [0.3, 0.4) is 0 Å². The number of rotatable bonds is 5. The lowest BCUT2D eigenvalue weighted by Gasteiger charge is -2.53. The number of methoxy groups -OCH3 is 2. The fraction of sp³-hybridized carbons (Fsp3) is 0.455. The smallest absolute Gasteiger partial charge is 0.140 e. The van der Waals surface area contributed by atoms with Crippen LogP contribution < -0.4 is 9.47 Å². The molecule has 0 aromatic heterocycles. The van der Waals surface area contributed by atoms with E-state index < -0.39 is 0 Å². The Morgan fingerprint density at radius 2 is 1.12 bits per heavy atom. The van der Waals surface area contributed by atoms with E-state index in [1.165, 1.54) is 54.5 Å². The molecule has 3 fully saturated rings. The van der Waals surface area contributed by atoms with E-state index in [9.17, 15) is 0 Å². The molecule has 0 radical (unpaired) electrons. The predicted molar refractivity (Wildman–Crippen MR) is 100 cm³/mol. The largest absolute Gasteiger partial charge is 0.497 e. The monoisotopic (exact) mass is 338 g/mol. The summed E-state index contributed by atoms with van der Waals surface area (Å²) >= 11 is 0. The number of nitrogens with zero attached hydrogens (tertiary/aromatic N) is 1. The molecule has 3 aliphatic heterocycles. The summed E-state index contributed by atoms with van der Waals surface area (Å²) in [6.45, 7) is 3.90. The molecular weight excluding hydrogens is 310 g/mol. The summed E-state index contributed by atoms with van der Waals surface area (Å²) in [7, 11) is 3.46. The van der Waals surface area contributed by atoms with Crippen LogP contribution in [0.1, 0.15) is 36.4 Å². The zero-order valence-corrected chi connectivity index (χ0v) is 15.3. The van der Waals surface area contributed by atoms with E-state index in [-0.39, 0.29) is 0 Å². The van der Waals surface area contributed by atoms with E-state index in [0.29, 0.717) is 6.04 Å². The SMILES string of the molecule is COc1ccc(C(c2ccc(OC)cc2)[N+]23CCC(CC2)CC3)cc1. The van der Waals surface area contributed by atoms with E-state index >= 15 is 0 Å². The molecule has 132 valence electrons. The molecule has 0 unspecified atom stereocenters. The van der Waals surface area contributed by atoms with Gasteiger partial charge in [-0.1, -0.05) is 0 Å². The maximum atomic E-state index is 5.37. The highest BCUT2D eigenvalue weighted by atomic mass is 16.5. The maximum absolute atomic E-state index is 5.37. The third-order valence-corrected chi connectivity index (χ3v) is 6.36. The first-order valence-electron chi connectivity index (χ1n) is 9.38. The summed E-state index contributed by atoms with van der Waals surface area (Å²) in [6, 6.07) is 17.8. The minimum absolute atomic E-state index is 0.401. The van der Waals surface area contributed by atoms with E-state index in [2.05, 4.69) is 48.5 Å². The first-order valence-corrected chi connectivity index (χ1v) is 9.38. The minimum Gasteiger partial charge on any atom is -0.497 e. The Bertz CT molecular complexity index is 639. The van der Waals surface area contributed by atoms with Crippen molar-refractivity contribution in [3.63, 3.8) is 0 Å². The first kappa shape index (κ1) is 16.5. The van der Waals surface area contributed by atoms with Crippen LogP contribution in [0.25, 0.3) is 0 Å². The van der Waals surface area contributed by atoms with Gasteiger partial charge in [-0.05, 0) is 73.7 Å². The molecule has 0 amide bonds. The van der Waals surface area contributed by atoms with Gasteiger partial charge in [0.1, 0.15) is 17.5 Å². The van der Waals surface area contributed by atoms with E-state index in [1.54, 1.807) is 14.2 Å². The van der Waals surface area contributed by atoms with Crippen molar-refractivity contribution >= 4 is 0 Å². The van der Waals surface area contributed by atoms with Gasteiger partial charge in [-0.15, -0.1) is 0 Å². The van der Waals surface area contributed by atoms with E-state index in [0.717, 1.165) is 17.4 Å². The fourth-order valence-corrected chi connectivity index (χ4v) is 4.87. The van der Waals surface area contributed by atoms with Crippen LogP contribution >= 0.6 is 0 Å².